The Hall–Kier alpha value is -1.99. The molecule has 0 saturated carbocycles. The van der Waals surface area contributed by atoms with Gasteiger partial charge in [0.25, 0.3) is 0 Å². The van der Waals surface area contributed by atoms with E-state index in [2.05, 4.69) is 10.1 Å². The van der Waals surface area contributed by atoms with Crippen LogP contribution in [0.15, 0.2) is 0 Å². The van der Waals surface area contributed by atoms with Gasteiger partial charge in [-0.25, -0.2) is 9.59 Å². The van der Waals surface area contributed by atoms with Crippen LogP contribution in [0, 0.1) is 5.92 Å². The van der Waals surface area contributed by atoms with Gasteiger partial charge in [0.05, 0.1) is 19.8 Å². The van der Waals surface area contributed by atoms with Gasteiger partial charge >= 0.3 is 18.1 Å². The van der Waals surface area contributed by atoms with E-state index in [1.165, 1.54) is 12.0 Å². The van der Waals surface area contributed by atoms with E-state index in [9.17, 15) is 14.4 Å². The lowest BCUT2D eigenvalue weighted by Crippen LogP contribution is -2.54. The molecule has 8 nitrogen and oxygen atoms in total. The molecule has 1 rings (SSSR count). The SMILES string of the molecule is CCOC(=O)NC1CC(CCC(=O)OC)CN(C(N)=O)C1. The summed E-state index contributed by atoms with van der Waals surface area (Å²) in [5.74, 6) is -0.210. The summed E-state index contributed by atoms with van der Waals surface area (Å²) in [4.78, 5) is 35.5. The largest absolute Gasteiger partial charge is 0.469 e. The van der Waals surface area contributed by atoms with Crippen molar-refractivity contribution in [2.45, 2.75) is 32.2 Å². The van der Waals surface area contributed by atoms with Crippen molar-refractivity contribution in [1.82, 2.24) is 10.2 Å². The molecule has 2 atom stereocenters. The molecule has 0 aliphatic carbocycles. The number of methoxy groups -OCH3 is 1. The van der Waals surface area contributed by atoms with Crippen molar-refractivity contribution in [3.8, 4) is 0 Å². The summed E-state index contributed by atoms with van der Waals surface area (Å²) in [5.41, 5.74) is 5.31. The summed E-state index contributed by atoms with van der Waals surface area (Å²) >= 11 is 0. The molecule has 21 heavy (non-hydrogen) atoms. The van der Waals surface area contributed by atoms with Crippen molar-refractivity contribution >= 4 is 18.1 Å². The van der Waals surface area contributed by atoms with E-state index < -0.39 is 12.1 Å². The molecule has 0 bridgehead atoms. The minimum absolute atomic E-state index is 0.0808. The molecular formula is C13H23N3O5. The van der Waals surface area contributed by atoms with Gasteiger partial charge in [-0.1, -0.05) is 0 Å². The number of urea groups is 1. The number of amides is 3. The molecule has 1 heterocycles. The Labute approximate surface area is 123 Å². The molecule has 1 aliphatic rings. The first-order valence-electron chi connectivity index (χ1n) is 7.00. The fourth-order valence-corrected chi connectivity index (χ4v) is 2.46. The highest BCUT2D eigenvalue weighted by Crippen LogP contribution is 2.21. The van der Waals surface area contributed by atoms with E-state index in [0.29, 0.717) is 25.9 Å². The quantitative estimate of drug-likeness (QED) is 0.716. The standard InChI is InChI=1S/C13H23N3O5/c1-3-21-13(19)15-10-6-9(4-5-11(17)20-2)7-16(8-10)12(14)18/h9-10H,3-8H2,1-2H3,(H2,14,18)(H,15,19). The van der Waals surface area contributed by atoms with Gasteiger partial charge < -0.3 is 25.4 Å². The minimum atomic E-state index is -0.534. The van der Waals surface area contributed by atoms with Crippen molar-refractivity contribution in [2.75, 3.05) is 26.8 Å². The highest BCUT2D eigenvalue weighted by atomic mass is 16.5. The Morgan fingerprint density at radius 2 is 2.05 bits per heavy atom. The van der Waals surface area contributed by atoms with Gasteiger partial charge in [0, 0.05) is 19.5 Å². The molecule has 3 N–H and O–H groups in total. The van der Waals surface area contributed by atoms with Crippen LogP contribution in [-0.2, 0) is 14.3 Å². The van der Waals surface area contributed by atoms with Crippen molar-refractivity contribution in [2.24, 2.45) is 11.7 Å². The van der Waals surface area contributed by atoms with Crippen LogP contribution in [0.3, 0.4) is 0 Å². The molecule has 0 aromatic heterocycles. The lowest BCUT2D eigenvalue weighted by atomic mass is 9.90. The second kappa shape index (κ2) is 8.33. The van der Waals surface area contributed by atoms with Crippen LogP contribution in [0.2, 0.25) is 0 Å². The first-order valence-corrected chi connectivity index (χ1v) is 7.00. The zero-order chi connectivity index (χ0) is 15.8. The van der Waals surface area contributed by atoms with Crippen LogP contribution in [0.4, 0.5) is 9.59 Å². The van der Waals surface area contributed by atoms with Crippen LogP contribution in [0.25, 0.3) is 0 Å². The number of ether oxygens (including phenoxy) is 2. The number of rotatable bonds is 5. The van der Waals surface area contributed by atoms with Gasteiger partial charge in [-0.3, -0.25) is 4.79 Å². The number of carbonyl (C=O) groups is 3. The molecular weight excluding hydrogens is 278 g/mol. The second-order valence-corrected chi connectivity index (χ2v) is 5.02. The minimum Gasteiger partial charge on any atom is -0.469 e. The monoisotopic (exact) mass is 301 g/mol. The maximum Gasteiger partial charge on any atom is 0.407 e. The van der Waals surface area contributed by atoms with Gasteiger partial charge in [0.15, 0.2) is 0 Å². The zero-order valence-corrected chi connectivity index (χ0v) is 12.5. The molecule has 1 saturated heterocycles. The number of piperidine rings is 1. The predicted molar refractivity (Wildman–Crippen MR) is 74.5 cm³/mol. The number of carbonyl (C=O) groups excluding carboxylic acids is 3. The van der Waals surface area contributed by atoms with Crippen LogP contribution in [-0.4, -0.2) is 55.8 Å². The molecule has 0 radical (unpaired) electrons. The van der Waals surface area contributed by atoms with Crippen LogP contribution < -0.4 is 11.1 Å². The highest BCUT2D eigenvalue weighted by Gasteiger charge is 2.30. The first kappa shape index (κ1) is 17.1. The molecule has 0 aromatic carbocycles. The number of nitrogens with one attached hydrogen (secondary N) is 1. The number of alkyl carbamates (subject to hydrolysis) is 1. The van der Waals surface area contributed by atoms with Crippen molar-refractivity contribution in [3.63, 3.8) is 0 Å². The lowest BCUT2D eigenvalue weighted by Gasteiger charge is -2.37. The summed E-state index contributed by atoms with van der Waals surface area (Å²) in [5, 5.41) is 2.71. The van der Waals surface area contributed by atoms with E-state index in [1.54, 1.807) is 6.92 Å². The van der Waals surface area contributed by atoms with Crippen molar-refractivity contribution < 1.29 is 23.9 Å². The Balaban J connectivity index is 2.57. The third-order valence-corrected chi connectivity index (χ3v) is 3.43. The number of hydrogen-bond acceptors (Lipinski definition) is 5. The first-order chi connectivity index (χ1) is 9.96. The van der Waals surface area contributed by atoms with E-state index >= 15 is 0 Å². The number of nitrogens with zero attached hydrogens (tertiary/aromatic N) is 1. The molecule has 1 aliphatic heterocycles. The maximum absolute atomic E-state index is 11.5. The number of nitrogens with two attached hydrogens (primary N) is 1. The topological polar surface area (TPSA) is 111 Å². The van der Waals surface area contributed by atoms with E-state index in [4.69, 9.17) is 10.5 Å². The summed E-state index contributed by atoms with van der Waals surface area (Å²) in [6.45, 7) is 2.83. The molecule has 1 fully saturated rings. The van der Waals surface area contributed by atoms with E-state index in [-0.39, 0.29) is 31.0 Å². The van der Waals surface area contributed by atoms with E-state index in [1.807, 2.05) is 0 Å². The van der Waals surface area contributed by atoms with E-state index in [0.717, 1.165) is 0 Å². The Morgan fingerprint density at radius 3 is 2.62 bits per heavy atom. The maximum atomic E-state index is 11.5. The zero-order valence-electron chi connectivity index (χ0n) is 12.5. The van der Waals surface area contributed by atoms with Gasteiger partial charge in [-0.05, 0) is 25.7 Å². The second-order valence-electron chi connectivity index (χ2n) is 5.02. The number of esters is 1. The number of primary amides is 1. The summed E-state index contributed by atoms with van der Waals surface area (Å²) in [6, 6.07) is -0.763. The lowest BCUT2D eigenvalue weighted by molar-refractivity contribution is -0.141. The molecule has 120 valence electrons. The number of likely N-dealkylation sites (tertiary alicyclic amines) is 1. The highest BCUT2D eigenvalue weighted by molar-refractivity contribution is 5.73. The van der Waals surface area contributed by atoms with Gasteiger partial charge in [-0.15, -0.1) is 0 Å². The molecule has 2 unspecified atom stereocenters. The summed E-state index contributed by atoms with van der Waals surface area (Å²) in [6.07, 6.45) is 1.01. The van der Waals surface area contributed by atoms with Gasteiger partial charge in [0.2, 0.25) is 0 Å². The Kier molecular flexibility index (Phi) is 6.77. The molecule has 0 aromatic rings. The summed E-state index contributed by atoms with van der Waals surface area (Å²) < 4.78 is 9.44. The average Bonchev–Trinajstić information content (AvgIpc) is 2.44. The molecule has 8 heteroatoms. The third kappa shape index (κ3) is 5.88. The van der Waals surface area contributed by atoms with Gasteiger partial charge in [-0.2, -0.15) is 0 Å². The normalized spacial score (nSPS) is 21.5. The molecule has 3 amide bonds. The predicted octanol–water partition coefficient (Wildman–Crippen LogP) is 0.455. The van der Waals surface area contributed by atoms with Crippen molar-refractivity contribution in [3.05, 3.63) is 0 Å². The number of hydrogen-bond donors (Lipinski definition) is 2. The Morgan fingerprint density at radius 1 is 1.33 bits per heavy atom. The third-order valence-electron chi connectivity index (χ3n) is 3.43. The van der Waals surface area contributed by atoms with Crippen molar-refractivity contribution in [1.29, 1.82) is 0 Å². The fourth-order valence-electron chi connectivity index (χ4n) is 2.46. The van der Waals surface area contributed by atoms with Crippen LogP contribution in [0.1, 0.15) is 26.2 Å². The van der Waals surface area contributed by atoms with Crippen LogP contribution in [0.5, 0.6) is 0 Å². The fraction of sp³-hybridized carbons (Fsp3) is 0.769. The Bertz CT molecular complexity index is 388. The van der Waals surface area contributed by atoms with Crippen LogP contribution >= 0.6 is 0 Å². The molecule has 0 spiro atoms. The summed E-state index contributed by atoms with van der Waals surface area (Å²) in [7, 11) is 1.34. The smallest absolute Gasteiger partial charge is 0.407 e. The average molecular weight is 301 g/mol. The van der Waals surface area contributed by atoms with Gasteiger partial charge in [0.1, 0.15) is 0 Å².